The fraction of sp³-hybridized carbons (Fsp3) is 0.600. The van der Waals surface area contributed by atoms with Gasteiger partial charge >= 0.3 is 23.9 Å². The monoisotopic (exact) mass is 694 g/mol. The quantitative estimate of drug-likeness (QED) is 0.395. The van der Waals surface area contributed by atoms with E-state index in [-0.39, 0.29) is 50.0 Å². The Morgan fingerprint density at radius 3 is 1.92 bits per heavy atom. The molecule has 3 N–H and O–H groups in total. The predicted molar refractivity (Wildman–Crippen MR) is 186 cm³/mol. The average molecular weight is 695 g/mol. The molecule has 1 saturated carbocycles. The number of ether oxygens (including phenoxy) is 2. The lowest BCUT2D eigenvalue weighted by atomic mass is 10.0. The van der Waals surface area contributed by atoms with E-state index < -0.39 is 34.6 Å². The number of rotatable bonds is 7. The zero-order valence-corrected chi connectivity index (χ0v) is 30.2. The number of alkyl carbamates (subject to hydrolysis) is 2. The third kappa shape index (κ3) is 9.31. The SMILES string of the molecule is CC(C)(C)OC(=O)NC1[C@H]2CN(Cc3ccc(-n4ccc(NC(=O)N5CCN(C(=O)C(C)(C)NC(=O)OC(C)(C)C)CC5)nc4=O)cc3)C[C@@H]12. The second-order valence-electron chi connectivity index (χ2n) is 15.8. The molecule has 2 aliphatic heterocycles. The third-order valence-corrected chi connectivity index (χ3v) is 8.81. The van der Waals surface area contributed by atoms with Gasteiger partial charge in [-0.25, -0.2) is 19.2 Å². The number of hydrogen-bond donors (Lipinski definition) is 3. The van der Waals surface area contributed by atoms with Gasteiger partial charge < -0.3 is 29.9 Å². The summed E-state index contributed by atoms with van der Waals surface area (Å²) in [5.41, 5.74) is -1.17. The van der Waals surface area contributed by atoms with Gasteiger partial charge in [-0.1, -0.05) is 12.1 Å². The first-order valence-corrected chi connectivity index (χ1v) is 17.1. The maximum atomic E-state index is 13.1. The van der Waals surface area contributed by atoms with Gasteiger partial charge in [-0.2, -0.15) is 4.98 Å². The highest BCUT2D eigenvalue weighted by Gasteiger charge is 2.56. The Kier molecular flexibility index (Phi) is 10.2. The van der Waals surface area contributed by atoms with Crippen molar-refractivity contribution in [3.63, 3.8) is 0 Å². The van der Waals surface area contributed by atoms with E-state index in [1.807, 2.05) is 45.0 Å². The van der Waals surface area contributed by atoms with Crippen LogP contribution in [-0.2, 0) is 20.8 Å². The molecule has 5 amide bonds. The molecule has 3 aliphatic rings. The summed E-state index contributed by atoms with van der Waals surface area (Å²) in [6.07, 6.45) is 0.530. The molecule has 1 aliphatic carbocycles. The van der Waals surface area contributed by atoms with Gasteiger partial charge in [0.25, 0.3) is 0 Å². The van der Waals surface area contributed by atoms with Crippen molar-refractivity contribution >= 4 is 29.9 Å². The number of carbonyl (C=O) groups excluding carboxylic acids is 4. The van der Waals surface area contributed by atoms with Crippen LogP contribution in [0, 0.1) is 11.8 Å². The van der Waals surface area contributed by atoms with E-state index in [2.05, 4.69) is 25.8 Å². The lowest BCUT2D eigenvalue weighted by Gasteiger charge is -2.38. The van der Waals surface area contributed by atoms with Crippen LogP contribution in [0.1, 0.15) is 61.0 Å². The number of nitrogens with one attached hydrogen (secondary N) is 3. The van der Waals surface area contributed by atoms with Crippen molar-refractivity contribution in [2.24, 2.45) is 11.8 Å². The number of likely N-dealkylation sites (tertiary alicyclic amines) is 1. The van der Waals surface area contributed by atoms with Crippen molar-refractivity contribution in [2.45, 2.75) is 84.7 Å². The molecule has 1 aromatic heterocycles. The molecule has 2 saturated heterocycles. The first-order chi connectivity index (χ1) is 23.3. The topological polar surface area (TPSA) is 167 Å². The molecule has 0 radical (unpaired) electrons. The van der Waals surface area contributed by atoms with Crippen molar-refractivity contribution in [2.75, 3.05) is 44.6 Å². The van der Waals surface area contributed by atoms with Crippen molar-refractivity contribution in [3.05, 3.63) is 52.6 Å². The smallest absolute Gasteiger partial charge is 0.408 e. The second kappa shape index (κ2) is 13.9. The summed E-state index contributed by atoms with van der Waals surface area (Å²) >= 11 is 0. The summed E-state index contributed by atoms with van der Waals surface area (Å²) in [5, 5.41) is 8.31. The molecule has 5 rings (SSSR count). The lowest BCUT2D eigenvalue weighted by Crippen LogP contribution is -2.60. The molecule has 0 spiro atoms. The number of urea groups is 1. The first-order valence-electron chi connectivity index (χ1n) is 17.1. The number of piperidine rings is 1. The highest BCUT2D eigenvalue weighted by Crippen LogP contribution is 2.46. The van der Waals surface area contributed by atoms with Gasteiger partial charge in [0.1, 0.15) is 22.6 Å². The van der Waals surface area contributed by atoms with Crippen LogP contribution in [-0.4, -0.2) is 110 Å². The number of hydrogen-bond acceptors (Lipinski definition) is 9. The highest BCUT2D eigenvalue weighted by atomic mass is 16.6. The minimum absolute atomic E-state index is 0.126. The summed E-state index contributed by atoms with van der Waals surface area (Å²) in [4.78, 5) is 72.9. The molecule has 1 unspecified atom stereocenters. The van der Waals surface area contributed by atoms with Crippen LogP contribution in [0.2, 0.25) is 0 Å². The summed E-state index contributed by atoms with van der Waals surface area (Å²) in [5.74, 6) is 0.719. The van der Waals surface area contributed by atoms with Crippen LogP contribution in [0.5, 0.6) is 0 Å². The van der Waals surface area contributed by atoms with Gasteiger partial charge in [0.2, 0.25) is 5.91 Å². The third-order valence-electron chi connectivity index (χ3n) is 8.81. The molecule has 2 aromatic rings. The van der Waals surface area contributed by atoms with E-state index in [4.69, 9.17) is 9.47 Å². The largest absolute Gasteiger partial charge is 0.444 e. The number of fused-ring (bicyclic) bond motifs is 1. The van der Waals surface area contributed by atoms with E-state index >= 15 is 0 Å². The minimum atomic E-state index is -1.19. The Hall–Kier alpha value is -4.66. The molecule has 3 fully saturated rings. The number of anilines is 1. The highest BCUT2D eigenvalue weighted by molar-refractivity contribution is 5.90. The van der Waals surface area contributed by atoms with Crippen LogP contribution in [0.3, 0.4) is 0 Å². The molecule has 272 valence electrons. The number of piperazine rings is 1. The number of nitrogens with zero attached hydrogens (tertiary/aromatic N) is 5. The van der Waals surface area contributed by atoms with Crippen molar-refractivity contribution in [1.82, 2.24) is 34.9 Å². The molecular weight excluding hydrogens is 644 g/mol. The first kappa shape index (κ1) is 36.6. The van der Waals surface area contributed by atoms with Gasteiger partial charge in [0.15, 0.2) is 0 Å². The summed E-state index contributed by atoms with van der Waals surface area (Å²) in [7, 11) is 0. The van der Waals surface area contributed by atoms with Gasteiger partial charge in [-0.05, 0) is 91.0 Å². The normalized spacial score (nSPS) is 20.8. The van der Waals surface area contributed by atoms with E-state index in [0.29, 0.717) is 17.5 Å². The summed E-state index contributed by atoms with van der Waals surface area (Å²) in [6.45, 7) is 17.7. The molecule has 3 heterocycles. The van der Waals surface area contributed by atoms with Crippen LogP contribution >= 0.6 is 0 Å². The van der Waals surface area contributed by atoms with Gasteiger partial charge in [-0.3, -0.25) is 19.6 Å². The lowest BCUT2D eigenvalue weighted by molar-refractivity contribution is -0.138. The van der Waals surface area contributed by atoms with Crippen LogP contribution in [0.4, 0.5) is 20.2 Å². The standard InChI is InChI=1S/C35H50N8O7/c1-33(2,3)49-31(47)38-27-24-20-40(21-25(24)27)19-22-9-11-23(12-10-22)43-14-13-26(37-30(43)46)36-29(45)42-17-15-41(16-18-42)28(44)35(7,8)39-32(48)50-34(4,5)6/h9-14,24-25,27H,15-21H2,1-8H3,(H,38,47)(H,39,48)(H,36,37,45,46)/t24-,25+,27?. The van der Waals surface area contributed by atoms with Crippen molar-refractivity contribution < 1.29 is 28.7 Å². The number of carbonyl (C=O) groups is 4. The zero-order valence-electron chi connectivity index (χ0n) is 30.2. The van der Waals surface area contributed by atoms with Gasteiger partial charge in [0.05, 0.1) is 5.69 Å². The fourth-order valence-corrected chi connectivity index (χ4v) is 6.40. The number of benzene rings is 1. The van der Waals surface area contributed by atoms with E-state index in [9.17, 15) is 24.0 Å². The average Bonchev–Trinajstić information content (AvgIpc) is 3.42. The van der Waals surface area contributed by atoms with E-state index in [1.54, 1.807) is 56.7 Å². The van der Waals surface area contributed by atoms with Crippen molar-refractivity contribution in [3.8, 4) is 5.69 Å². The van der Waals surface area contributed by atoms with Crippen molar-refractivity contribution in [1.29, 1.82) is 0 Å². The Bertz CT molecular complexity index is 1640. The molecule has 3 atom stereocenters. The molecule has 0 bridgehead atoms. The second-order valence-corrected chi connectivity index (χ2v) is 15.8. The summed E-state index contributed by atoms with van der Waals surface area (Å²) in [6, 6.07) is 9.01. The molecule has 15 heteroatoms. The maximum absolute atomic E-state index is 13.1. The summed E-state index contributed by atoms with van der Waals surface area (Å²) < 4.78 is 12.1. The minimum Gasteiger partial charge on any atom is -0.444 e. The van der Waals surface area contributed by atoms with E-state index in [0.717, 1.165) is 25.2 Å². The maximum Gasteiger partial charge on any atom is 0.408 e. The van der Waals surface area contributed by atoms with E-state index in [1.165, 1.54) is 4.57 Å². The van der Waals surface area contributed by atoms with Crippen LogP contribution in [0.15, 0.2) is 41.3 Å². The van der Waals surface area contributed by atoms with Gasteiger partial charge in [-0.15, -0.1) is 0 Å². The van der Waals surface area contributed by atoms with Crippen LogP contribution < -0.4 is 21.6 Å². The molecule has 15 nitrogen and oxygen atoms in total. The Morgan fingerprint density at radius 2 is 1.36 bits per heavy atom. The fourth-order valence-electron chi connectivity index (χ4n) is 6.40. The molecular formula is C35H50N8O7. The Labute approximate surface area is 292 Å². The Balaban J connectivity index is 1.07. The number of amides is 5. The van der Waals surface area contributed by atoms with Crippen LogP contribution in [0.25, 0.3) is 5.69 Å². The number of aromatic nitrogens is 2. The predicted octanol–water partition coefficient (Wildman–Crippen LogP) is 3.17. The zero-order chi connectivity index (χ0) is 36.6. The van der Waals surface area contributed by atoms with Gasteiger partial charge in [0, 0.05) is 58.1 Å². The molecule has 1 aromatic carbocycles. The molecule has 50 heavy (non-hydrogen) atoms. The Morgan fingerprint density at radius 1 is 0.800 bits per heavy atom.